The summed E-state index contributed by atoms with van der Waals surface area (Å²) in [5.74, 6) is -0.0200. The van der Waals surface area contributed by atoms with Gasteiger partial charge in [-0.05, 0) is 25.0 Å². The predicted octanol–water partition coefficient (Wildman–Crippen LogP) is 1.75. The van der Waals surface area contributed by atoms with Gasteiger partial charge in [0.25, 0.3) is 0 Å². The van der Waals surface area contributed by atoms with Crippen molar-refractivity contribution in [3.8, 4) is 5.75 Å². The van der Waals surface area contributed by atoms with E-state index in [1.807, 2.05) is 12.1 Å². The Morgan fingerprint density at radius 3 is 3.06 bits per heavy atom. The second kappa shape index (κ2) is 4.28. The quantitative estimate of drug-likeness (QED) is 0.836. The van der Waals surface area contributed by atoms with Crippen LogP contribution >= 0.6 is 0 Å². The minimum absolute atomic E-state index is 0.148. The van der Waals surface area contributed by atoms with Crippen molar-refractivity contribution in [2.75, 3.05) is 6.54 Å². The van der Waals surface area contributed by atoms with Crippen LogP contribution in [-0.4, -0.2) is 23.7 Å². The van der Waals surface area contributed by atoms with Crippen molar-refractivity contribution in [3.63, 3.8) is 0 Å². The number of hydrogen-bond acceptors (Lipinski definition) is 3. The fourth-order valence-corrected chi connectivity index (χ4v) is 2.94. The van der Waals surface area contributed by atoms with Gasteiger partial charge in [0.1, 0.15) is 11.9 Å². The summed E-state index contributed by atoms with van der Waals surface area (Å²) in [6.07, 6.45) is 1.81. The molecule has 4 heteroatoms. The zero-order chi connectivity index (χ0) is 12.7. The van der Waals surface area contributed by atoms with Crippen molar-refractivity contribution in [3.05, 3.63) is 29.3 Å². The van der Waals surface area contributed by atoms with Gasteiger partial charge in [-0.2, -0.15) is 0 Å². The van der Waals surface area contributed by atoms with Crippen LogP contribution in [0.4, 0.5) is 0 Å². The minimum Gasteiger partial charge on any atom is -0.490 e. The van der Waals surface area contributed by atoms with E-state index in [2.05, 4.69) is 18.3 Å². The second-order valence-corrected chi connectivity index (χ2v) is 5.19. The Kier molecular flexibility index (Phi) is 2.74. The average molecular weight is 247 g/mol. The summed E-state index contributed by atoms with van der Waals surface area (Å²) in [6, 6.07) is 6.21. The van der Waals surface area contributed by atoms with Gasteiger partial charge < -0.3 is 15.2 Å². The fourth-order valence-electron chi connectivity index (χ4n) is 2.94. The highest BCUT2D eigenvalue weighted by Gasteiger charge is 2.33. The van der Waals surface area contributed by atoms with E-state index >= 15 is 0 Å². The topological polar surface area (TPSA) is 58.6 Å². The summed E-state index contributed by atoms with van der Waals surface area (Å²) < 4.78 is 5.74. The number of aliphatic carboxylic acids is 1. The van der Waals surface area contributed by atoms with Gasteiger partial charge in [0.15, 0.2) is 0 Å². The van der Waals surface area contributed by atoms with E-state index in [1.165, 1.54) is 11.1 Å². The normalized spacial score (nSPS) is 29.9. The molecule has 2 N–H and O–H groups in total. The largest absolute Gasteiger partial charge is 0.490 e. The van der Waals surface area contributed by atoms with Crippen LogP contribution in [0.25, 0.3) is 0 Å². The first-order chi connectivity index (χ1) is 8.65. The number of ether oxygens (including phenoxy) is 1. The first-order valence-corrected chi connectivity index (χ1v) is 6.40. The lowest BCUT2D eigenvalue weighted by Gasteiger charge is -2.14. The molecule has 0 aliphatic carbocycles. The monoisotopic (exact) mass is 247 g/mol. The molecule has 2 aliphatic heterocycles. The number of fused-ring (bicyclic) bond motifs is 1. The molecular formula is C14H17NO3. The molecule has 3 unspecified atom stereocenters. The maximum atomic E-state index is 11.0. The highest BCUT2D eigenvalue weighted by atomic mass is 16.5. The smallest absolute Gasteiger partial charge is 0.307 e. The van der Waals surface area contributed by atoms with Crippen LogP contribution in [0.2, 0.25) is 0 Å². The molecule has 1 aromatic carbocycles. The van der Waals surface area contributed by atoms with Crippen LogP contribution in [0.3, 0.4) is 0 Å². The summed E-state index contributed by atoms with van der Waals surface area (Å²) in [5, 5.41) is 12.4. The maximum absolute atomic E-state index is 11.0. The van der Waals surface area contributed by atoms with Crippen molar-refractivity contribution in [1.29, 1.82) is 0 Å². The van der Waals surface area contributed by atoms with E-state index in [9.17, 15) is 4.79 Å². The Morgan fingerprint density at radius 2 is 2.33 bits per heavy atom. The van der Waals surface area contributed by atoms with Crippen molar-refractivity contribution in [2.45, 2.75) is 31.9 Å². The van der Waals surface area contributed by atoms with Gasteiger partial charge in [0.05, 0.1) is 5.92 Å². The Bertz CT molecular complexity index is 486. The molecule has 0 spiro atoms. The van der Waals surface area contributed by atoms with Crippen molar-refractivity contribution < 1.29 is 14.6 Å². The average Bonchev–Trinajstić information content (AvgIpc) is 2.92. The molecule has 1 aromatic rings. The van der Waals surface area contributed by atoms with Gasteiger partial charge in [0.2, 0.25) is 0 Å². The molecule has 96 valence electrons. The van der Waals surface area contributed by atoms with E-state index in [-0.39, 0.29) is 18.1 Å². The Labute approximate surface area is 106 Å². The van der Waals surface area contributed by atoms with Crippen molar-refractivity contribution >= 4 is 5.97 Å². The summed E-state index contributed by atoms with van der Waals surface area (Å²) in [5.41, 5.74) is 2.45. The third kappa shape index (κ3) is 1.86. The minimum atomic E-state index is -0.706. The van der Waals surface area contributed by atoms with Crippen LogP contribution in [0, 0.1) is 5.92 Å². The summed E-state index contributed by atoms with van der Waals surface area (Å²) >= 11 is 0. The first-order valence-electron chi connectivity index (χ1n) is 6.40. The van der Waals surface area contributed by atoms with E-state index in [0.717, 1.165) is 12.2 Å². The molecule has 1 fully saturated rings. The molecule has 0 amide bonds. The van der Waals surface area contributed by atoms with E-state index in [0.29, 0.717) is 13.0 Å². The summed E-state index contributed by atoms with van der Waals surface area (Å²) in [6.45, 7) is 2.62. The Morgan fingerprint density at radius 1 is 1.50 bits per heavy atom. The summed E-state index contributed by atoms with van der Waals surface area (Å²) in [7, 11) is 0. The van der Waals surface area contributed by atoms with Gasteiger partial charge in [-0.25, -0.2) is 0 Å². The predicted molar refractivity (Wildman–Crippen MR) is 66.7 cm³/mol. The van der Waals surface area contributed by atoms with Crippen LogP contribution in [0.1, 0.15) is 30.5 Å². The first kappa shape index (κ1) is 11.5. The number of benzene rings is 1. The van der Waals surface area contributed by atoms with Gasteiger partial charge in [-0.1, -0.05) is 12.1 Å². The molecule has 1 saturated heterocycles. The molecule has 3 rings (SSSR count). The third-order valence-corrected chi connectivity index (χ3v) is 3.84. The van der Waals surface area contributed by atoms with Crippen LogP contribution in [0.5, 0.6) is 5.75 Å². The van der Waals surface area contributed by atoms with Crippen LogP contribution in [-0.2, 0) is 11.2 Å². The number of carboxylic acids is 1. The lowest BCUT2D eigenvalue weighted by Crippen LogP contribution is -2.17. The molecule has 0 saturated carbocycles. The fraction of sp³-hybridized carbons (Fsp3) is 0.500. The Balaban J connectivity index is 1.86. The van der Waals surface area contributed by atoms with Crippen LogP contribution < -0.4 is 10.1 Å². The van der Waals surface area contributed by atoms with Gasteiger partial charge in [-0.3, -0.25) is 4.79 Å². The third-order valence-electron chi connectivity index (χ3n) is 3.84. The second-order valence-electron chi connectivity index (χ2n) is 5.19. The molecule has 2 heterocycles. The molecular weight excluding hydrogens is 230 g/mol. The number of carboxylic acid groups (broad SMARTS) is 1. The molecule has 4 nitrogen and oxygen atoms in total. The van der Waals surface area contributed by atoms with E-state index in [4.69, 9.17) is 9.84 Å². The number of hydrogen-bond donors (Lipinski definition) is 2. The SMILES string of the molecule is CC1Cc2c(cccc2C2CC(C(=O)O)CN2)O1. The van der Waals surface area contributed by atoms with E-state index in [1.54, 1.807) is 0 Å². The Hall–Kier alpha value is -1.55. The molecule has 2 aliphatic rings. The number of rotatable bonds is 2. The van der Waals surface area contributed by atoms with Gasteiger partial charge >= 0.3 is 5.97 Å². The highest BCUT2D eigenvalue weighted by Crippen LogP contribution is 2.37. The molecule has 0 radical (unpaired) electrons. The molecule has 0 aromatic heterocycles. The lowest BCUT2D eigenvalue weighted by molar-refractivity contribution is -0.141. The number of nitrogens with one attached hydrogen (secondary N) is 1. The summed E-state index contributed by atoms with van der Waals surface area (Å²) in [4.78, 5) is 11.0. The highest BCUT2D eigenvalue weighted by molar-refractivity contribution is 5.71. The van der Waals surface area contributed by atoms with Crippen molar-refractivity contribution in [2.24, 2.45) is 5.92 Å². The van der Waals surface area contributed by atoms with Crippen molar-refractivity contribution in [1.82, 2.24) is 5.32 Å². The number of carbonyl (C=O) groups is 1. The lowest BCUT2D eigenvalue weighted by atomic mass is 9.94. The van der Waals surface area contributed by atoms with Crippen LogP contribution in [0.15, 0.2) is 18.2 Å². The molecule has 3 atom stereocenters. The maximum Gasteiger partial charge on any atom is 0.307 e. The van der Waals surface area contributed by atoms with Gasteiger partial charge in [-0.15, -0.1) is 0 Å². The van der Waals surface area contributed by atoms with E-state index < -0.39 is 5.97 Å². The molecule has 18 heavy (non-hydrogen) atoms. The zero-order valence-corrected chi connectivity index (χ0v) is 10.3. The molecule has 0 bridgehead atoms. The zero-order valence-electron chi connectivity index (χ0n) is 10.3. The standard InChI is InChI=1S/C14H17NO3/c1-8-5-11-10(3-2-4-13(11)18-8)12-6-9(7-15-12)14(16)17/h2-4,8-9,12,15H,5-7H2,1H3,(H,16,17). The van der Waals surface area contributed by atoms with Gasteiger partial charge in [0, 0.05) is 24.6 Å².